The van der Waals surface area contributed by atoms with Gasteiger partial charge in [0.1, 0.15) is 11.5 Å². The Hall–Kier alpha value is -1.36. The zero-order chi connectivity index (χ0) is 14.4. The van der Waals surface area contributed by atoms with E-state index < -0.39 is 0 Å². The van der Waals surface area contributed by atoms with E-state index in [1.54, 1.807) is 0 Å². The lowest BCUT2D eigenvalue weighted by Gasteiger charge is -2.06. The van der Waals surface area contributed by atoms with Crippen LogP contribution in [0.15, 0.2) is 48.5 Å². The predicted molar refractivity (Wildman–Crippen MR) is 89.2 cm³/mol. The number of benzene rings is 2. The summed E-state index contributed by atoms with van der Waals surface area (Å²) in [5.74, 6) is 1.03. The van der Waals surface area contributed by atoms with Gasteiger partial charge in [0.15, 0.2) is 0 Å². The van der Waals surface area contributed by atoms with E-state index in [9.17, 15) is 4.79 Å². The molecule has 2 aromatic rings. The van der Waals surface area contributed by atoms with Crippen molar-refractivity contribution in [3.05, 3.63) is 63.2 Å². The molecule has 0 bridgehead atoms. The number of ketones is 1. The van der Waals surface area contributed by atoms with Crippen molar-refractivity contribution in [2.24, 2.45) is 0 Å². The van der Waals surface area contributed by atoms with Crippen molar-refractivity contribution in [2.75, 3.05) is 6.61 Å². The van der Waals surface area contributed by atoms with Crippen LogP contribution in [0.2, 0.25) is 0 Å². The molecule has 0 aromatic heterocycles. The summed E-state index contributed by atoms with van der Waals surface area (Å²) < 4.78 is 6.77. The quantitative estimate of drug-likeness (QED) is 0.703. The maximum atomic E-state index is 11.9. The van der Waals surface area contributed by atoms with Gasteiger partial charge >= 0.3 is 0 Å². The van der Waals surface area contributed by atoms with Crippen LogP contribution >= 0.6 is 22.6 Å². The van der Waals surface area contributed by atoms with E-state index in [0.717, 1.165) is 16.9 Å². The Balaban J connectivity index is 1.76. The molecule has 0 saturated carbocycles. The Bertz CT molecular complexity index is 576. The van der Waals surface area contributed by atoms with Crippen molar-refractivity contribution >= 4 is 28.4 Å². The largest absolute Gasteiger partial charge is 0.493 e. The van der Waals surface area contributed by atoms with E-state index in [0.29, 0.717) is 19.4 Å². The lowest BCUT2D eigenvalue weighted by atomic mass is 10.1. The summed E-state index contributed by atoms with van der Waals surface area (Å²) in [6.45, 7) is 2.46. The summed E-state index contributed by atoms with van der Waals surface area (Å²) in [5.41, 5.74) is 2.22. The van der Waals surface area contributed by atoms with Crippen LogP contribution in [0.25, 0.3) is 0 Å². The monoisotopic (exact) mass is 380 g/mol. The molecule has 20 heavy (non-hydrogen) atoms. The fourth-order valence-electron chi connectivity index (χ4n) is 1.91. The topological polar surface area (TPSA) is 26.3 Å². The van der Waals surface area contributed by atoms with E-state index in [-0.39, 0.29) is 5.78 Å². The highest BCUT2D eigenvalue weighted by Crippen LogP contribution is 2.13. The van der Waals surface area contributed by atoms with Gasteiger partial charge in [0.05, 0.1) is 6.61 Å². The summed E-state index contributed by atoms with van der Waals surface area (Å²) in [6, 6.07) is 15.9. The molecule has 0 amide bonds. The number of halogens is 1. The van der Waals surface area contributed by atoms with E-state index in [4.69, 9.17) is 4.74 Å². The molecule has 0 unspecified atom stereocenters. The number of Topliss-reactive ketones (excluding diaryl/α,β-unsaturated/α-hetero) is 1. The van der Waals surface area contributed by atoms with Crippen molar-refractivity contribution in [1.82, 2.24) is 0 Å². The van der Waals surface area contributed by atoms with Gasteiger partial charge in [0.25, 0.3) is 0 Å². The van der Waals surface area contributed by atoms with Crippen LogP contribution in [0.5, 0.6) is 5.75 Å². The molecule has 0 fully saturated rings. The van der Waals surface area contributed by atoms with Crippen LogP contribution in [0.4, 0.5) is 0 Å². The van der Waals surface area contributed by atoms with Gasteiger partial charge in [-0.15, -0.1) is 0 Å². The third-order valence-electron chi connectivity index (χ3n) is 2.95. The number of hydrogen-bond acceptors (Lipinski definition) is 2. The van der Waals surface area contributed by atoms with E-state index in [1.165, 1.54) is 3.57 Å². The van der Waals surface area contributed by atoms with E-state index in [1.807, 2.05) is 55.5 Å². The Labute approximate surface area is 133 Å². The van der Waals surface area contributed by atoms with Crippen LogP contribution in [-0.2, 0) is 11.2 Å². The first-order valence-electron chi connectivity index (χ1n) is 6.59. The third kappa shape index (κ3) is 4.96. The average Bonchev–Trinajstić information content (AvgIpc) is 2.41. The van der Waals surface area contributed by atoms with Gasteiger partial charge in [0.2, 0.25) is 0 Å². The Morgan fingerprint density at radius 3 is 2.60 bits per heavy atom. The number of carbonyl (C=O) groups excluding carboxylic acids is 1. The number of aryl methyl sites for hydroxylation is 1. The molecule has 0 saturated heterocycles. The molecule has 2 nitrogen and oxygen atoms in total. The van der Waals surface area contributed by atoms with Crippen LogP contribution in [-0.4, -0.2) is 12.4 Å². The van der Waals surface area contributed by atoms with Gasteiger partial charge in [0, 0.05) is 16.4 Å². The zero-order valence-electron chi connectivity index (χ0n) is 11.4. The Morgan fingerprint density at radius 2 is 1.90 bits per heavy atom. The van der Waals surface area contributed by atoms with Crippen LogP contribution in [0, 0.1) is 10.5 Å². The first-order valence-corrected chi connectivity index (χ1v) is 7.67. The minimum absolute atomic E-state index is 0.207. The molecule has 0 radical (unpaired) electrons. The van der Waals surface area contributed by atoms with Crippen LogP contribution < -0.4 is 4.74 Å². The first-order chi connectivity index (χ1) is 9.63. The highest BCUT2D eigenvalue weighted by Gasteiger charge is 2.04. The lowest BCUT2D eigenvalue weighted by molar-refractivity contribution is -0.118. The second kappa shape index (κ2) is 7.43. The molecule has 0 aliphatic carbocycles. The number of hydrogen-bond donors (Lipinski definition) is 0. The number of ether oxygens (including phenoxy) is 1. The second-order valence-corrected chi connectivity index (χ2v) is 6.00. The molecule has 0 aliphatic heterocycles. The molecule has 2 rings (SSSR count). The van der Waals surface area contributed by atoms with Crippen molar-refractivity contribution < 1.29 is 9.53 Å². The average molecular weight is 380 g/mol. The van der Waals surface area contributed by atoms with Crippen LogP contribution in [0.3, 0.4) is 0 Å². The van der Waals surface area contributed by atoms with E-state index in [2.05, 4.69) is 22.6 Å². The minimum Gasteiger partial charge on any atom is -0.493 e. The molecule has 0 N–H and O–H groups in total. The minimum atomic E-state index is 0.207. The number of rotatable bonds is 6. The third-order valence-corrected chi connectivity index (χ3v) is 3.67. The fraction of sp³-hybridized carbons (Fsp3) is 0.235. The Morgan fingerprint density at radius 1 is 1.15 bits per heavy atom. The van der Waals surface area contributed by atoms with Crippen LogP contribution in [0.1, 0.15) is 17.5 Å². The Kier molecular flexibility index (Phi) is 5.59. The molecule has 0 heterocycles. The maximum absolute atomic E-state index is 11.9. The first kappa shape index (κ1) is 15.0. The zero-order valence-corrected chi connectivity index (χ0v) is 13.6. The van der Waals surface area contributed by atoms with Gasteiger partial charge in [-0.1, -0.05) is 24.3 Å². The van der Waals surface area contributed by atoms with Gasteiger partial charge < -0.3 is 4.74 Å². The molecule has 104 valence electrons. The molecule has 0 spiro atoms. The van der Waals surface area contributed by atoms with Crippen molar-refractivity contribution in [2.45, 2.75) is 19.8 Å². The summed E-state index contributed by atoms with van der Waals surface area (Å²) in [5, 5.41) is 0. The van der Waals surface area contributed by atoms with Crippen molar-refractivity contribution in [1.29, 1.82) is 0 Å². The SMILES string of the molecule is Cc1cccc(OCCC(=O)Cc2ccc(I)cc2)c1. The fourth-order valence-corrected chi connectivity index (χ4v) is 2.27. The van der Waals surface area contributed by atoms with Gasteiger partial charge in [-0.2, -0.15) is 0 Å². The molecular weight excluding hydrogens is 363 g/mol. The maximum Gasteiger partial charge on any atom is 0.140 e. The standard InChI is InChI=1S/C17H17IO2/c1-13-3-2-4-17(11-13)20-10-9-16(19)12-14-5-7-15(18)8-6-14/h2-8,11H,9-10,12H2,1H3. The molecule has 2 aromatic carbocycles. The second-order valence-electron chi connectivity index (χ2n) is 4.76. The van der Waals surface area contributed by atoms with Gasteiger partial charge in [-0.3, -0.25) is 4.79 Å². The molecule has 0 atom stereocenters. The molecule has 0 aliphatic rings. The lowest BCUT2D eigenvalue weighted by Crippen LogP contribution is -2.09. The summed E-state index contributed by atoms with van der Waals surface area (Å²) in [7, 11) is 0. The smallest absolute Gasteiger partial charge is 0.140 e. The molecule has 3 heteroatoms. The van der Waals surface area contributed by atoms with Crippen molar-refractivity contribution in [3.8, 4) is 5.75 Å². The molecular formula is C17H17IO2. The normalized spacial score (nSPS) is 10.3. The van der Waals surface area contributed by atoms with Gasteiger partial charge in [-0.05, 0) is 64.9 Å². The predicted octanol–water partition coefficient (Wildman–Crippen LogP) is 4.18. The van der Waals surface area contributed by atoms with Gasteiger partial charge in [-0.25, -0.2) is 0 Å². The summed E-state index contributed by atoms with van der Waals surface area (Å²) in [4.78, 5) is 11.9. The highest BCUT2D eigenvalue weighted by molar-refractivity contribution is 14.1. The van der Waals surface area contributed by atoms with E-state index >= 15 is 0 Å². The highest BCUT2D eigenvalue weighted by atomic mass is 127. The summed E-state index contributed by atoms with van der Waals surface area (Å²) in [6.07, 6.45) is 0.925. The summed E-state index contributed by atoms with van der Waals surface area (Å²) >= 11 is 2.26. The number of carbonyl (C=O) groups is 1. The van der Waals surface area contributed by atoms with Crippen molar-refractivity contribution in [3.63, 3.8) is 0 Å².